The summed E-state index contributed by atoms with van der Waals surface area (Å²) in [4.78, 5) is 41.9. The molecule has 2 aromatic carbocycles. The van der Waals surface area contributed by atoms with E-state index < -0.39 is 30.0 Å². The van der Waals surface area contributed by atoms with E-state index in [1.165, 1.54) is 13.0 Å². The summed E-state index contributed by atoms with van der Waals surface area (Å²) in [6.45, 7) is 1.74. The number of rotatable bonds is 6. The zero-order chi connectivity index (χ0) is 21.7. The molecule has 2 atom stereocenters. The molecule has 0 bridgehead atoms. The number of aliphatic carboxylic acids is 1. The van der Waals surface area contributed by atoms with Gasteiger partial charge in [-0.15, -0.1) is 0 Å². The number of nitrogens with one attached hydrogen (secondary N) is 1. The van der Waals surface area contributed by atoms with Gasteiger partial charge in [-0.25, -0.2) is 19.5 Å². The molecule has 0 aliphatic carbocycles. The van der Waals surface area contributed by atoms with Gasteiger partial charge in [0.15, 0.2) is 0 Å². The number of para-hydroxylation sites is 1. The van der Waals surface area contributed by atoms with Crippen molar-refractivity contribution in [2.45, 2.75) is 13.0 Å². The Bertz CT molecular complexity index is 980. The Morgan fingerprint density at radius 3 is 2.60 bits per heavy atom. The van der Waals surface area contributed by atoms with Gasteiger partial charge >= 0.3 is 18.0 Å². The number of ether oxygens (including phenoxy) is 1. The minimum absolute atomic E-state index is 0.111. The summed E-state index contributed by atoms with van der Waals surface area (Å²) < 4.78 is 5.52. The fourth-order valence-corrected chi connectivity index (χ4v) is 3.46. The number of carboxylic acid groups (broad SMARTS) is 1. The third kappa shape index (κ3) is 4.77. The lowest BCUT2D eigenvalue weighted by molar-refractivity contribution is -0.140. The fraction of sp³-hybridized carbons (Fsp3) is 0.238. The largest absolute Gasteiger partial charge is 0.492 e. The van der Waals surface area contributed by atoms with Crippen LogP contribution in [0.1, 0.15) is 18.5 Å². The highest BCUT2D eigenvalue weighted by atomic mass is 35.5. The zero-order valence-electron chi connectivity index (χ0n) is 16.1. The molecule has 1 aliphatic heterocycles. The van der Waals surface area contributed by atoms with E-state index in [2.05, 4.69) is 10.3 Å². The van der Waals surface area contributed by atoms with Crippen LogP contribution in [0.4, 0.5) is 9.59 Å². The average molecular weight is 430 g/mol. The molecule has 3 rings (SSSR count). The van der Waals surface area contributed by atoms with E-state index in [1.807, 2.05) is 18.2 Å². The highest BCUT2D eigenvalue weighted by Gasteiger charge is 2.45. The van der Waals surface area contributed by atoms with Crippen LogP contribution in [0.3, 0.4) is 0 Å². The summed E-state index contributed by atoms with van der Waals surface area (Å²) in [6, 6.07) is 12.8. The Balaban J connectivity index is 1.79. The highest BCUT2D eigenvalue weighted by molar-refractivity contribution is 6.30. The molecule has 1 aliphatic rings. The number of benzene rings is 2. The molecule has 9 heteroatoms. The molecule has 8 nitrogen and oxygen atoms in total. The number of amides is 4. The van der Waals surface area contributed by atoms with Gasteiger partial charge in [0, 0.05) is 10.7 Å². The molecule has 156 valence electrons. The van der Waals surface area contributed by atoms with Crippen LogP contribution in [0.25, 0.3) is 0 Å². The molecule has 0 saturated carbocycles. The number of nitrogens with zero attached hydrogens (tertiary/aromatic N) is 2. The molecule has 2 N–H and O–H groups in total. The second-order valence-corrected chi connectivity index (χ2v) is 7.05. The number of hydrogen-bond donors (Lipinski definition) is 2. The maximum atomic E-state index is 12.8. The van der Waals surface area contributed by atoms with Crippen molar-refractivity contribution in [3.05, 3.63) is 65.2 Å². The third-order valence-electron chi connectivity index (χ3n) is 4.59. The molecule has 0 radical (unpaired) electrons. The Morgan fingerprint density at radius 1 is 1.20 bits per heavy atom. The lowest BCUT2D eigenvalue weighted by Crippen LogP contribution is -2.53. The zero-order valence-corrected chi connectivity index (χ0v) is 16.9. The van der Waals surface area contributed by atoms with E-state index in [9.17, 15) is 19.5 Å². The SMILES string of the molecule is CC1=NC(=O)N(C(=O)NCCOc2ccccc2)C(c2cccc(Cl)c2)C1C(=O)O. The summed E-state index contributed by atoms with van der Waals surface area (Å²) in [5.41, 5.74) is 0.544. The number of halogens is 1. The Morgan fingerprint density at radius 2 is 1.93 bits per heavy atom. The fourth-order valence-electron chi connectivity index (χ4n) is 3.26. The van der Waals surface area contributed by atoms with Crippen LogP contribution in [0.15, 0.2) is 59.6 Å². The summed E-state index contributed by atoms with van der Waals surface area (Å²) in [5, 5.41) is 12.7. The normalized spacial score (nSPS) is 18.5. The van der Waals surface area contributed by atoms with Crippen molar-refractivity contribution in [1.29, 1.82) is 0 Å². The maximum absolute atomic E-state index is 12.8. The van der Waals surface area contributed by atoms with Gasteiger partial charge in [-0.05, 0) is 36.8 Å². The predicted octanol–water partition coefficient (Wildman–Crippen LogP) is 3.77. The monoisotopic (exact) mass is 429 g/mol. The van der Waals surface area contributed by atoms with Crippen molar-refractivity contribution in [1.82, 2.24) is 10.2 Å². The topological polar surface area (TPSA) is 108 Å². The highest BCUT2D eigenvalue weighted by Crippen LogP contribution is 2.35. The molecule has 4 amide bonds. The maximum Gasteiger partial charge on any atom is 0.352 e. The van der Waals surface area contributed by atoms with Gasteiger partial charge in [0.05, 0.1) is 12.6 Å². The molecular formula is C21H20ClN3O5. The standard InChI is InChI=1S/C21H20ClN3O5/c1-13-17(19(26)27)18(14-6-5-7-15(22)12-14)25(21(29)24-13)20(28)23-10-11-30-16-8-3-2-4-9-16/h2-9,12,17-18H,10-11H2,1H3,(H,23,28)(H,26,27). The van der Waals surface area contributed by atoms with Crippen molar-refractivity contribution in [2.75, 3.05) is 13.2 Å². The molecule has 1 heterocycles. The summed E-state index contributed by atoms with van der Waals surface area (Å²) in [6.07, 6.45) is 0. The first-order valence-corrected chi connectivity index (χ1v) is 9.58. The number of carboxylic acids is 1. The Hall–Kier alpha value is -3.39. The van der Waals surface area contributed by atoms with E-state index in [0.29, 0.717) is 16.3 Å². The van der Waals surface area contributed by atoms with Gasteiger partial charge in [0.2, 0.25) is 0 Å². The minimum Gasteiger partial charge on any atom is -0.492 e. The van der Waals surface area contributed by atoms with E-state index in [0.717, 1.165) is 4.90 Å². The van der Waals surface area contributed by atoms with E-state index in [4.69, 9.17) is 16.3 Å². The summed E-state index contributed by atoms with van der Waals surface area (Å²) in [5.74, 6) is -1.74. The lowest BCUT2D eigenvalue weighted by atomic mass is 9.87. The first-order valence-electron chi connectivity index (χ1n) is 9.21. The van der Waals surface area contributed by atoms with Crippen LogP contribution in [0.5, 0.6) is 5.75 Å². The number of aliphatic imine (C=N–C) groups is 1. The van der Waals surface area contributed by atoms with Crippen molar-refractivity contribution < 1.29 is 24.2 Å². The van der Waals surface area contributed by atoms with Gasteiger partial charge in [-0.3, -0.25) is 4.79 Å². The van der Waals surface area contributed by atoms with Crippen LogP contribution < -0.4 is 10.1 Å². The number of hydrogen-bond acceptors (Lipinski definition) is 4. The number of carbonyl (C=O) groups is 3. The van der Waals surface area contributed by atoms with Gasteiger partial charge < -0.3 is 15.2 Å². The van der Waals surface area contributed by atoms with Gasteiger partial charge in [-0.1, -0.05) is 41.9 Å². The van der Waals surface area contributed by atoms with Gasteiger partial charge in [0.25, 0.3) is 0 Å². The van der Waals surface area contributed by atoms with Crippen LogP contribution in [0, 0.1) is 5.92 Å². The first kappa shape index (κ1) is 21.3. The second-order valence-electron chi connectivity index (χ2n) is 6.61. The quantitative estimate of drug-likeness (QED) is 0.679. The van der Waals surface area contributed by atoms with E-state index in [-0.39, 0.29) is 18.9 Å². The number of carbonyl (C=O) groups excluding carboxylic acids is 2. The minimum atomic E-state index is -1.20. The Kier molecular flexibility index (Phi) is 6.68. The van der Waals surface area contributed by atoms with Crippen LogP contribution >= 0.6 is 11.6 Å². The molecule has 0 aromatic heterocycles. The summed E-state index contributed by atoms with van der Waals surface area (Å²) in [7, 11) is 0. The van der Waals surface area contributed by atoms with E-state index in [1.54, 1.807) is 30.3 Å². The lowest BCUT2D eigenvalue weighted by Gasteiger charge is -2.36. The van der Waals surface area contributed by atoms with Crippen molar-refractivity contribution in [3.8, 4) is 5.75 Å². The second kappa shape index (κ2) is 9.41. The molecule has 2 unspecified atom stereocenters. The first-order chi connectivity index (χ1) is 14.4. The molecular weight excluding hydrogens is 410 g/mol. The van der Waals surface area contributed by atoms with E-state index >= 15 is 0 Å². The third-order valence-corrected chi connectivity index (χ3v) is 4.82. The average Bonchev–Trinajstić information content (AvgIpc) is 2.71. The molecule has 2 aromatic rings. The number of imide groups is 1. The van der Waals surface area contributed by atoms with Crippen molar-refractivity contribution in [2.24, 2.45) is 10.9 Å². The molecule has 0 saturated heterocycles. The van der Waals surface area contributed by atoms with Gasteiger partial charge in [-0.2, -0.15) is 0 Å². The predicted molar refractivity (Wildman–Crippen MR) is 111 cm³/mol. The molecule has 0 spiro atoms. The van der Waals surface area contributed by atoms with Crippen LogP contribution in [-0.2, 0) is 4.79 Å². The summed E-state index contributed by atoms with van der Waals surface area (Å²) >= 11 is 6.05. The van der Waals surface area contributed by atoms with Crippen molar-refractivity contribution in [3.63, 3.8) is 0 Å². The molecule has 0 fully saturated rings. The van der Waals surface area contributed by atoms with Crippen LogP contribution in [-0.4, -0.2) is 46.9 Å². The van der Waals surface area contributed by atoms with Crippen LogP contribution in [0.2, 0.25) is 5.02 Å². The smallest absolute Gasteiger partial charge is 0.352 e. The Labute approximate surface area is 178 Å². The van der Waals surface area contributed by atoms with Crippen molar-refractivity contribution >= 4 is 35.3 Å². The van der Waals surface area contributed by atoms with Gasteiger partial charge in [0.1, 0.15) is 18.3 Å². The number of urea groups is 2. The molecule has 30 heavy (non-hydrogen) atoms.